The summed E-state index contributed by atoms with van der Waals surface area (Å²) in [5, 5.41) is 0.692. The predicted octanol–water partition coefficient (Wildman–Crippen LogP) is 1.90. The first-order valence-electron chi connectivity index (χ1n) is 6.03. The standard InChI is InChI=1S/C12H15N3O2S2/c1-3-6-5-7-10(17)14-12(15-11(7)18-6)19-8(4-2)9(13)16/h5,8H,3-4H2,1-2H3,(H2,13,16)(H,14,15,17). The maximum Gasteiger partial charge on any atom is 0.260 e. The number of amides is 1. The van der Waals surface area contributed by atoms with Gasteiger partial charge in [-0.15, -0.1) is 11.3 Å². The average molecular weight is 297 g/mol. The van der Waals surface area contributed by atoms with Crippen molar-refractivity contribution in [1.82, 2.24) is 9.97 Å². The zero-order valence-corrected chi connectivity index (χ0v) is 12.4. The summed E-state index contributed by atoms with van der Waals surface area (Å²) in [6.45, 7) is 3.91. The summed E-state index contributed by atoms with van der Waals surface area (Å²) in [5.74, 6) is -0.393. The molecule has 3 N–H and O–H groups in total. The van der Waals surface area contributed by atoms with Crippen molar-refractivity contribution in [2.24, 2.45) is 5.73 Å². The molecule has 0 aliphatic carbocycles. The van der Waals surface area contributed by atoms with Crippen LogP contribution in [0.1, 0.15) is 25.1 Å². The zero-order valence-electron chi connectivity index (χ0n) is 10.7. The Kier molecular flexibility index (Phi) is 4.26. The van der Waals surface area contributed by atoms with Crippen LogP contribution in [-0.2, 0) is 11.2 Å². The first-order valence-corrected chi connectivity index (χ1v) is 7.73. The zero-order chi connectivity index (χ0) is 14.0. The van der Waals surface area contributed by atoms with E-state index in [1.165, 1.54) is 23.1 Å². The summed E-state index contributed by atoms with van der Waals surface area (Å²) in [7, 11) is 0. The molecule has 0 saturated heterocycles. The van der Waals surface area contributed by atoms with Crippen LogP contribution in [0.2, 0.25) is 0 Å². The summed E-state index contributed by atoms with van der Waals surface area (Å²) in [6.07, 6.45) is 1.48. The van der Waals surface area contributed by atoms with Gasteiger partial charge in [0.25, 0.3) is 5.56 Å². The second-order valence-electron chi connectivity index (χ2n) is 4.07. The number of primary amides is 1. The van der Waals surface area contributed by atoms with E-state index in [1.54, 1.807) is 0 Å². The number of hydrogen-bond acceptors (Lipinski definition) is 5. The molecular formula is C12H15N3O2S2. The lowest BCUT2D eigenvalue weighted by Gasteiger charge is -2.08. The summed E-state index contributed by atoms with van der Waals surface area (Å²) < 4.78 is 0. The SMILES string of the molecule is CCc1cc2c(=O)[nH]c(SC(CC)C(N)=O)nc2s1. The lowest BCUT2D eigenvalue weighted by Crippen LogP contribution is -2.25. The fourth-order valence-electron chi connectivity index (χ4n) is 1.67. The predicted molar refractivity (Wildman–Crippen MR) is 78.7 cm³/mol. The minimum Gasteiger partial charge on any atom is -0.369 e. The number of fused-ring (bicyclic) bond motifs is 1. The molecule has 1 unspecified atom stereocenters. The highest BCUT2D eigenvalue weighted by Gasteiger charge is 2.17. The number of aryl methyl sites for hydroxylation is 1. The molecule has 0 saturated carbocycles. The lowest BCUT2D eigenvalue weighted by atomic mass is 10.3. The van der Waals surface area contributed by atoms with E-state index in [4.69, 9.17) is 5.73 Å². The van der Waals surface area contributed by atoms with Gasteiger partial charge in [-0.25, -0.2) is 4.98 Å². The third-order valence-electron chi connectivity index (χ3n) is 2.72. The van der Waals surface area contributed by atoms with E-state index >= 15 is 0 Å². The number of aromatic nitrogens is 2. The minimum absolute atomic E-state index is 0.164. The molecule has 5 nitrogen and oxygen atoms in total. The van der Waals surface area contributed by atoms with E-state index in [0.717, 1.165) is 11.3 Å². The van der Waals surface area contributed by atoms with Gasteiger partial charge in [0.2, 0.25) is 5.91 Å². The van der Waals surface area contributed by atoms with Crippen molar-refractivity contribution in [3.8, 4) is 0 Å². The van der Waals surface area contributed by atoms with Crippen molar-refractivity contribution in [1.29, 1.82) is 0 Å². The number of aromatic amines is 1. The van der Waals surface area contributed by atoms with Gasteiger partial charge in [0.05, 0.1) is 10.6 Å². The number of carbonyl (C=O) groups is 1. The van der Waals surface area contributed by atoms with E-state index in [-0.39, 0.29) is 10.8 Å². The van der Waals surface area contributed by atoms with E-state index in [1.807, 2.05) is 19.9 Å². The number of H-pyrrole nitrogens is 1. The van der Waals surface area contributed by atoms with Crippen LogP contribution in [0.5, 0.6) is 0 Å². The molecule has 0 aromatic carbocycles. The van der Waals surface area contributed by atoms with Gasteiger partial charge < -0.3 is 10.7 Å². The molecule has 1 atom stereocenters. The van der Waals surface area contributed by atoms with E-state index < -0.39 is 5.91 Å². The van der Waals surface area contributed by atoms with Crippen LogP contribution in [0, 0.1) is 0 Å². The van der Waals surface area contributed by atoms with Gasteiger partial charge in [0.1, 0.15) is 4.83 Å². The molecule has 2 aromatic rings. The van der Waals surface area contributed by atoms with Gasteiger partial charge in [-0.2, -0.15) is 0 Å². The number of hydrogen-bond donors (Lipinski definition) is 2. The molecule has 0 bridgehead atoms. The Hall–Kier alpha value is -1.34. The van der Waals surface area contributed by atoms with Crippen LogP contribution in [-0.4, -0.2) is 21.1 Å². The first kappa shape index (κ1) is 14.1. The Morgan fingerprint density at radius 2 is 2.32 bits per heavy atom. The lowest BCUT2D eigenvalue weighted by molar-refractivity contribution is -0.117. The van der Waals surface area contributed by atoms with Crippen molar-refractivity contribution in [3.05, 3.63) is 21.3 Å². The van der Waals surface area contributed by atoms with Crippen molar-refractivity contribution in [2.45, 2.75) is 37.1 Å². The fraction of sp³-hybridized carbons (Fsp3) is 0.417. The van der Waals surface area contributed by atoms with E-state index in [0.29, 0.717) is 21.8 Å². The van der Waals surface area contributed by atoms with Gasteiger partial charge in [-0.05, 0) is 18.9 Å². The maximum atomic E-state index is 12.0. The Morgan fingerprint density at radius 3 is 2.89 bits per heavy atom. The summed E-state index contributed by atoms with van der Waals surface area (Å²) in [4.78, 5) is 32.1. The largest absolute Gasteiger partial charge is 0.369 e. The quantitative estimate of drug-likeness (QED) is 0.651. The van der Waals surface area contributed by atoms with Crippen LogP contribution in [0.25, 0.3) is 10.2 Å². The smallest absolute Gasteiger partial charge is 0.260 e. The average Bonchev–Trinajstić information content (AvgIpc) is 2.79. The molecule has 2 aromatic heterocycles. The number of thioether (sulfide) groups is 1. The van der Waals surface area contributed by atoms with E-state index in [2.05, 4.69) is 9.97 Å². The number of nitrogens with two attached hydrogens (primary N) is 1. The molecule has 0 aliphatic rings. The number of thiophene rings is 1. The second kappa shape index (κ2) is 5.75. The first-order chi connectivity index (χ1) is 9.05. The molecule has 0 radical (unpaired) electrons. The monoisotopic (exact) mass is 297 g/mol. The van der Waals surface area contributed by atoms with Crippen LogP contribution >= 0.6 is 23.1 Å². The molecule has 0 aliphatic heterocycles. The number of nitrogens with one attached hydrogen (secondary N) is 1. The van der Waals surface area contributed by atoms with Gasteiger partial charge >= 0.3 is 0 Å². The summed E-state index contributed by atoms with van der Waals surface area (Å²) in [5.41, 5.74) is 5.13. The number of nitrogens with zero attached hydrogens (tertiary/aromatic N) is 1. The van der Waals surface area contributed by atoms with Gasteiger partial charge in [-0.3, -0.25) is 9.59 Å². The molecule has 19 heavy (non-hydrogen) atoms. The maximum absolute atomic E-state index is 12.0. The molecular weight excluding hydrogens is 282 g/mol. The summed E-state index contributed by atoms with van der Waals surface area (Å²) in [6, 6.07) is 1.87. The van der Waals surface area contributed by atoms with Crippen LogP contribution in [0.3, 0.4) is 0 Å². The van der Waals surface area contributed by atoms with Crippen molar-refractivity contribution in [2.75, 3.05) is 0 Å². The molecule has 1 amide bonds. The van der Waals surface area contributed by atoms with Crippen LogP contribution in [0.4, 0.5) is 0 Å². The third kappa shape index (κ3) is 2.98. The van der Waals surface area contributed by atoms with Gasteiger partial charge in [0, 0.05) is 4.88 Å². The fourth-order valence-corrected chi connectivity index (χ4v) is 3.54. The van der Waals surface area contributed by atoms with E-state index in [9.17, 15) is 9.59 Å². The minimum atomic E-state index is -0.393. The Labute approximate surface area is 118 Å². The van der Waals surface area contributed by atoms with Crippen LogP contribution < -0.4 is 11.3 Å². The topological polar surface area (TPSA) is 88.8 Å². The highest BCUT2D eigenvalue weighted by molar-refractivity contribution is 8.00. The summed E-state index contributed by atoms with van der Waals surface area (Å²) >= 11 is 2.72. The molecule has 2 heterocycles. The van der Waals surface area contributed by atoms with Gasteiger partial charge in [-0.1, -0.05) is 25.6 Å². The van der Waals surface area contributed by atoms with Crippen LogP contribution in [0.15, 0.2) is 16.0 Å². The number of carbonyl (C=O) groups excluding carboxylic acids is 1. The third-order valence-corrected chi connectivity index (χ3v) is 5.16. The molecule has 7 heteroatoms. The van der Waals surface area contributed by atoms with Crippen molar-refractivity contribution >= 4 is 39.2 Å². The Balaban J connectivity index is 2.40. The van der Waals surface area contributed by atoms with Gasteiger partial charge in [0.15, 0.2) is 5.16 Å². The number of rotatable bonds is 5. The molecule has 2 rings (SSSR count). The molecule has 102 valence electrons. The van der Waals surface area contributed by atoms with Crippen molar-refractivity contribution < 1.29 is 4.79 Å². The second-order valence-corrected chi connectivity index (χ2v) is 6.38. The highest BCUT2D eigenvalue weighted by Crippen LogP contribution is 2.26. The highest BCUT2D eigenvalue weighted by atomic mass is 32.2. The normalized spacial score (nSPS) is 12.7. The molecule has 0 fully saturated rings. The Morgan fingerprint density at radius 1 is 1.58 bits per heavy atom. The van der Waals surface area contributed by atoms with Crippen molar-refractivity contribution in [3.63, 3.8) is 0 Å². The molecule has 0 spiro atoms. The Bertz CT molecular complexity index is 663.